The summed E-state index contributed by atoms with van der Waals surface area (Å²) < 4.78 is 36.1. The monoisotopic (exact) mass is 251 g/mol. The summed E-state index contributed by atoms with van der Waals surface area (Å²) in [6, 6.07) is 2.63. The quantitative estimate of drug-likeness (QED) is 0.358. The average molecular weight is 251 g/mol. The van der Waals surface area contributed by atoms with E-state index in [0.717, 1.165) is 18.2 Å². The molecule has 86 valence electrons. The second-order valence-corrected chi connectivity index (χ2v) is 3.75. The van der Waals surface area contributed by atoms with Gasteiger partial charge in [-0.1, -0.05) is 0 Å². The van der Waals surface area contributed by atoms with Crippen LogP contribution in [-0.4, -0.2) is 16.7 Å². The maximum Gasteiger partial charge on any atom is 0.446 e. The Morgan fingerprint density at radius 1 is 1.38 bits per heavy atom. The molecule has 0 spiro atoms. The Kier molecular flexibility index (Phi) is 3.53. The molecule has 0 heterocycles. The molecule has 0 aromatic heterocycles. The van der Waals surface area contributed by atoms with E-state index in [0.29, 0.717) is 0 Å². The van der Waals surface area contributed by atoms with Gasteiger partial charge in [-0.2, -0.15) is 13.2 Å². The van der Waals surface area contributed by atoms with Crippen molar-refractivity contribution in [2.45, 2.75) is 10.4 Å². The van der Waals surface area contributed by atoms with Gasteiger partial charge in [-0.3, -0.25) is 14.9 Å². The molecule has 0 saturated heterocycles. The number of nitro groups is 1. The zero-order chi connectivity index (χ0) is 12.3. The van der Waals surface area contributed by atoms with Crippen molar-refractivity contribution in [1.82, 2.24) is 0 Å². The van der Waals surface area contributed by atoms with Crippen LogP contribution >= 0.6 is 11.8 Å². The second kappa shape index (κ2) is 4.52. The molecule has 0 aliphatic rings. The Hall–Kier alpha value is -1.57. The fourth-order valence-corrected chi connectivity index (χ4v) is 1.57. The van der Waals surface area contributed by atoms with Gasteiger partial charge in [0, 0.05) is 22.6 Å². The van der Waals surface area contributed by atoms with Crippen molar-refractivity contribution in [1.29, 1.82) is 0 Å². The van der Waals surface area contributed by atoms with E-state index in [1.165, 1.54) is 0 Å². The van der Waals surface area contributed by atoms with Crippen molar-refractivity contribution in [2.24, 2.45) is 0 Å². The second-order valence-electron chi connectivity index (χ2n) is 2.64. The summed E-state index contributed by atoms with van der Waals surface area (Å²) in [5, 5.41) is 10.3. The average Bonchev–Trinajstić information content (AvgIpc) is 2.15. The van der Waals surface area contributed by atoms with Crippen molar-refractivity contribution < 1.29 is 22.9 Å². The fourth-order valence-electron chi connectivity index (χ4n) is 0.959. The molecule has 0 bridgehead atoms. The molecule has 0 saturated carbocycles. The Balaban J connectivity index is 3.12. The van der Waals surface area contributed by atoms with E-state index in [-0.39, 0.29) is 16.7 Å². The largest absolute Gasteiger partial charge is 0.446 e. The molecule has 0 atom stereocenters. The predicted octanol–water partition coefficient (Wildman–Crippen LogP) is 3.02. The van der Waals surface area contributed by atoms with Crippen LogP contribution in [0.15, 0.2) is 23.1 Å². The lowest BCUT2D eigenvalue weighted by Crippen LogP contribution is -2.01. The standard InChI is InChI=1S/C8H4F3NO3S/c9-8(10,11)16-7-2-1-6(12(14)15)3-5(7)4-13/h1-4H. The van der Waals surface area contributed by atoms with Crippen molar-refractivity contribution >= 4 is 23.7 Å². The van der Waals surface area contributed by atoms with Gasteiger partial charge >= 0.3 is 5.51 Å². The molecule has 8 heteroatoms. The minimum atomic E-state index is -4.53. The molecule has 0 aliphatic heterocycles. The smallest absolute Gasteiger partial charge is 0.298 e. The van der Waals surface area contributed by atoms with Gasteiger partial charge in [0.1, 0.15) is 0 Å². The molecule has 4 nitrogen and oxygen atoms in total. The Bertz CT molecular complexity index is 433. The summed E-state index contributed by atoms with van der Waals surface area (Å²) >= 11 is -0.481. The highest BCUT2D eigenvalue weighted by atomic mass is 32.2. The number of alkyl halides is 3. The van der Waals surface area contributed by atoms with Crippen LogP contribution in [0.3, 0.4) is 0 Å². The van der Waals surface area contributed by atoms with E-state index in [9.17, 15) is 28.1 Å². The van der Waals surface area contributed by atoms with Crippen LogP contribution < -0.4 is 0 Å². The number of thioether (sulfide) groups is 1. The van der Waals surface area contributed by atoms with E-state index in [4.69, 9.17) is 0 Å². The molecular weight excluding hydrogens is 247 g/mol. The van der Waals surface area contributed by atoms with Gasteiger partial charge in [-0.05, 0) is 17.8 Å². The minimum Gasteiger partial charge on any atom is -0.298 e. The number of carbonyl (C=O) groups excluding carboxylic acids is 1. The van der Waals surface area contributed by atoms with Gasteiger partial charge in [-0.15, -0.1) is 0 Å². The van der Waals surface area contributed by atoms with E-state index < -0.39 is 27.9 Å². The number of carbonyl (C=O) groups is 1. The van der Waals surface area contributed by atoms with Crippen molar-refractivity contribution in [3.05, 3.63) is 33.9 Å². The lowest BCUT2D eigenvalue weighted by atomic mass is 10.2. The fraction of sp³-hybridized carbons (Fsp3) is 0.125. The predicted molar refractivity (Wildman–Crippen MR) is 50.4 cm³/mol. The summed E-state index contributed by atoms with van der Waals surface area (Å²) in [6.07, 6.45) is 0.154. The summed E-state index contributed by atoms with van der Waals surface area (Å²) in [6.45, 7) is 0. The van der Waals surface area contributed by atoms with Crippen LogP contribution in [0.2, 0.25) is 0 Å². The SMILES string of the molecule is O=Cc1cc([N+](=O)[O-])ccc1SC(F)(F)F. The van der Waals surface area contributed by atoms with Gasteiger partial charge in [0.15, 0.2) is 6.29 Å². The number of hydrogen-bond donors (Lipinski definition) is 0. The first-order valence-corrected chi connectivity index (χ1v) is 4.64. The minimum absolute atomic E-state index is 0.154. The van der Waals surface area contributed by atoms with Crippen LogP contribution in [0.5, 0.6) is 0 Å². The van der Waals surface area contributed by atoms with E-state index in [1.54, 1.807) is 0 Å². The summed E-state index contributed by atoms with van der Waals surface area (Å²) in [5.74, 6) is 0. The molecule has 0 amide bonds. The van der Waals surface area contributed by atoms with Crippen LogP contribution in [-0.2, 0) is 0 Å². The van der Waals surface area contributed by atoms with Gasteiger partial charge in [0.25, 0.3) is 5.69 Å². The van der Waals surface area contributed by atoms with Gasteiger partial charge < -0.3 is 0 Å². The van der Waals surface area contributed by atoms with Gasteiger partial charge in [0.2, 0.25) is 0 Å². The Morgan fingerprint density at radius 3 is 2.44 bits per heavy atom. The number of benzene rings is 1. The normalized spacial score (nSPS) is 11.2. The molecule has 16 heavy (non-hydrogen) atoms. The topological polar surface area (TPSA) is 60.2 Å². The maximum atomic E-state index is 12.0. The third-order valence-electron chi connectivity index (χ3n) is 1.56. The zero-order valence-corrected chi connectivity index (χ0v) is 8.34. The molecular formula is C8H4F3NO3S. The van der Waals surface area contributed by atoms with E-state index in [1.807, 2.05) is 0 Å². The van der Waals surface area contributed by atoms with Crippen molar-refractivity contribution in [3.8, 4) is 0 Å². The summed E-state index contributed by atoms with van der Waals surface area (Å²) in [4.78, 5) is 19.7. The zero-order valence-electron chi connectivity index (χ0n) is 7.52. The first kappa shape index (κ1) is 12.5. The highest BCUT2D eigenvalue weighted by molar-refractivity contribution is 8.00. The van der Waals surface area contributed by atoms with Crippen LogP contribution in [0.1, 0.15) is 10.4 Å². The third kappa shape index (κ3) is 3.23. The Morgan fingerprint density at radius 2 is 2.00 bits per heavy atom. The van der Waals surface area contributed by atoms with Crippen molar-refractivity contribution in [3.63, 3.8) is 0 Å². The number of aldehydes is 1. The summed E-state index contributed by atoms with van der Waals surface area (Å²) in [5.41, 5.74) is -5.31. The molecule has 0 fully saturated rings. The number of non-ortho nitro benzene ring substituents is 1. The summed E-state index contributed by atoms with van der Waals surface area (Å²) in [7, 11) is 0. The lowest BCUT2D eigenvalue weighted by Gasteiger charge is -2.06. The molecule has 0 unspecified atom stereocenters. The maximum absolute atomic E-state index is 12.0. The number of rotatable bonds is 3. The Labute approximate surface area is 91.6 Å². The lowest BCUT2D eigenvalue weighted by molar-refractivity contribution is -0.384. The third-order valence-corrected chi connectivity index (χ3v) is 2.38. The van der Waals surface area contributed by atoms with Crippen molar-refractivity contribution in [2.75, 3.05) is 0 Å². The number of hydrogen-bond acceptors (Lipinski definition) is 4. The first-order chi connectivity index (χ1) is 7.33. The van der Waals surface area contributed by atoms with E-state index >= 15 is 0 Å². The first-order valence-electron chi connectivity index (χ1n) is 3.83. The molecule has 0 N–H and O–H groups in total. The molecule has 1 aromatic rings. The van der Waals surface area contributed by atoms with Gasteiger partial charge in [0.05, 0.1) is 4.92 Å². The molecule has 0 radical (unpaired) electrons. The number of halogens is 3. The molecule has 1 rings (SSSR count). The van der Waals surface area contributed by atoms with Crippen LogP contribution in [0.4, 0.5) is 18.9 Å². The highest BCUT2D eigenvalue weighted by Gasteiger charge is 2.30. The highest BCUT2D eigenvalue weighted by Crippen LogP contribution is 2.38. The molecule has 1 aromatic carbocycles. The number of nitrogens with zero attached hydrogens (tertiary/aromatic N) is 1. The molecule has 0 aliphatic carbocycles. The number of nitro benzene ring substituents is 1. The van der Waals surface area contributed by atoms with E-state index in [2.05, 4.69) is 0 Å². The van der Waals surface area contributed by atoms with Crippen LogP contribution in [0.25, 0.3) is 0 Å². The van der Waals surface area contributed by atoms with Crippen LogP contribution in [0, 0.1) is 10.1 Å². The van der Waals surface area contributed by atoms with Gasteiger partial charge in [-0.25, -0.2) is 0 Å².